The van der Waals surface area contributed by atoms with Gasteiger partial charge in [0.15, 0.2) is 0 Å². The third-order valence-electron chi connectivity index (χ3n) is 1.39. The van der Waals surface area contributed by atoms with Gasteiger partial charge in [-0.15, -0.1) is 0 Å². The van der Waals surface area contributed by atoms with Crippen molar-refractivity contribution in [1.82, 2.24) is 0 Å². The molecule has 0 amide bonds. The smallest absolute Gasteiger partial charge is 0.0376 e. The zero-order chi connectivity index (χ0) is 9.23. The van der Waals surface area contributed by atoms with Crippen molar-refractivity contribution in [3.8, 4) is 0 Å². The van der Waals surface area contributed by atoms with Gasteiger partial charge in [-0.1, -0.05) is 55.0 Å². The molecule has 0 rings (SSSR count). The van der Waals surface area contributed by atoms with Gasteiger partial charge in [-0.3, -0.25) is 0 Å². The summed E-state index contributed by atoms with van der Waals surface area (Å²) in [5.41, 5.74) is 1.27. The van der Waals surface area contributed by atoms with Crippen molar-refractivity contribution in [1.29, 1.82) is 0 Å². The van der Waals surface area contributed by atoms with Crippen molar-refractivity contribution < 1.29 is 0 Å². The summed E-state index contributed by atoms with van der Waals surface area (Å²) >= 11 is 0. The molecule has 0 aromatic heterocycles. The van der Waals surface area contributed by atoms with Crippen LogP contribution in [-0.4, -0.2) is 0 Å². The second kappa shape index (κ2) is 8.06. The Morgan fingerprint density at radius 1 is 1.17 bits per heavy atom. The number of hydrogen-bond donors (Lipinski definition) is 0. The fourth-order valence-corrected chi connectivity index (χ4v) is 0.726. The van der Waals surface area contributed by atoms with Crippen LogP contribution in [0.2, 0.25) is 0 Å². The summed E-state index contributed by atoms with van der Waals surface area (Å²) in [4.78, 5) is 0. The van der Waals surface area contributed by atoms with Crippen molar-refractivity contribution in [2.45, 2.75) is 27.2 Å². The summed E-state index contributed by atoms with van der Waals surface area (Å²) in [7, 11) is 0. The Morgan fingerprint density at radius 2 is 1.92 bits per heavy atom. The van der Waals surface area contributed by atoms with Crippen LogP contribution in [0.15, 0.2) is 48.1 Å². The molecule has 0 bridgehead atoms. The maximum atomic E-state index is 2.14. The quantitative estimate of drug-likeness (QED) is 0.547. The van der Waals surface area contributed by atoms with E-state index < -0.39 is 0 Å². The molecule has 0 spiro atoms. The van der Waals surface area contributed by atoms with Crippen molar-refractivity contribution >= 4 is 0 Å². The molecule has 0 atom stereocenters. The van der Waals surface area contributed by atoms with Gasteiger partial charge in [-0.25, -0.2) is 0 Å². The largest absolute Gasteiger partial charge is 0.0877 e. The molecule has 66 valence electrons. The van der Waals surface area contributed by atoms with Gasteiger partial charge in [-0.05, 0) is 20.3 Å². The van der Waals surface area contributed by atoms with E-state index in [1.54, 1.807) is 0 Å². The van der Waals surface area contributed by atoms with Crippen LogP contribution in [0.25, 0.3) is 0 Å². The van der Waals surface area contributed by atoms with E-state index in [-0.39, 0.29) is 0 Å². The van der Waals surface area contributed by atoms with Crippen LogP contribution in [0.4, 0.5) is 0 Å². The lowest BCUT2D eigenvalue weighted by Gasteiger charge is -1.85. The lowest BCUT2D eigenvalue weighted by molar-refractivity contribution is 1.22. The zero-order valence-corrected chi connectivity index (χ0v) is 8.25. The highest BCUT2D eigenvalue weighted by atomic mass is 13.8. The Bertz CT molecular complexity index is 202. The summed E-state index contributed by atoms with van der Waals surface area (Å²) in [6.45, 7) is 6.24. The first-order chi connectivity index (χ1) is 5.81. The van der Waals surface area contributed by atoms with Gasteiger partial charge in [0.1, 0.15) is 0 Å². The molecule has 0 fully saturated rings. The number of hydrogen-bond acceptors (Lipinski definition) is 0. The van der Waals surface area contributed by atoms with Gasteiger partial charge in [0, 0.05) is 0 Å². The fraction of sp³-hybridized carbons (Fsp3) is 0.333. The van der Waals surface area contributed by atoms with E-state index in [9.17, 15) is 0 Å². The summed E-state index contributed by atoms with van der Waals surface area (Å²) in [5.74, 6) is 0. The molecule has 0 unspecified atom stereocenters. The third-order valence-corrected chi connectivity index (χ3v) is 1.39. The summed E-state index contributed by atoms with van der Waals surface area (Å²) in [5, 5.41) is 0. The highest BCUT2D eigenvalue weighted by Crippen LogP contribution is 1.95. The molecule has 0 heterocycles. The molecular weight excluding hydrogens is 144 g/mol. The molecule has 0 aromatic carbocycles. The van der Waals surface area contributed by atoms with Gasteiger partial charge >= 0.3 is 0 Å². The highest BCUT2D eigenvalue weighted by Gasteiger charge is 1.74. The Kier molecular flexibility index (Phi) is 7.36. The second-order valence-corrected chi connectivity index (χ2v) is 2.63. The molecular formula is C12H18. The minimum Gasteiger partial charge on any atom is -0.0877 e. The first-order valence-corrected chi connectivity index (χ1v) is 4.44. The van der Waals surface area contributed by atoms with E-state index >= 15 is 0 Å². The molecule has 12 heavy (non-hydrogen) atoms. The maximum absolute atomic E-state index is 2.14. The summed E-state index contributed by atoms with van der Waals surface area (Å²) in [6, 6.07) is 0. The predicted octanol–water partition coefficient (Wildman–Crippen LogP) is 4.03. The lowest BCUT2D eigenvalue weighted by atomic mass is 10.2. The van der Waals surface area contributed by atoms with Crippen LogP contribution in [0.3, 0.4) is 0 Å². The van der Waals surface area contributed by atoms with E-state index in [0.29, 0.717) is 0 Å². The molecule has 0 saturated carbocycles. The standard InChI is InChI=1S/C12H18/c1-4-6-8-9-11-12(3)10-7-5-2/h5-11H,4H2,1-3H3/b7-5-,8-6-,11-9-,12-10+. The van der Waals surface area contributed by atoms with Gasteiger partial charge in [0.2, 0.25) is 0 Å². The molecule has 0 saturated heterocycles. The number of rotatable bonds is 4. The zero-order valence-electron chi connectivity index (χ0n) is 8.25. The SMILES string of the molecule is C\C=C/C=C(C)/C=C\C=C/CC. The Hall–Kier alpha value is -1.04. The Labute approximate surface area is 76.0 Å². The van der Waals surface area contributed by atoms with Gasteiger partial charge < -0.3 is 0 Å². The fourth-order valence-electron chi connectivity index (χ4n) is 0.726. The van der Waals surface area contributed by atoms with Crippen LogP contribution in [0.5, 0.6) is 0 Å². The van der Waals surface area contributed by atoms with Crippen LogP contribution in [0, 0.1) is 0 Å². The van der Waals surface area contributed by atoms with Crippen molar-refractivity contribution in [3.63, 3.8) is 0 Å². The average molecular weight is 162 g/mol. The normalized spacial score (nSPS) is 14.1. The summed E-state index contributed by atoms with van der Waals surface area (Å²) < 4.78 is 0. The van der Waals surface area contributed by atoms with E-state index in [2.05, 4.69) is 44.2 Å². The first-order valence-electron chi connectivity index (χ1n) is 4.44. The average Bonchev–Trinajstić information content (AvgIpc) is 2.09. The van der Waals surface area contributed by atoms with Gasteiger partial charge in [0.05, 0.1) is 0 Å². The molecule has 0 aliphatic heterocycles. The minimum absolute atomic E-state index is 1.10. The van der Waals surface area contributed by atoms with Crippen LogP contribution in [-0.2, 0) is 0 Å². The Morgan fingerprint density at radius 3 is 2.50 bits per heavy atom. The molecule has 0 aromatic rings. The van der Waals surface area contributed by atoms with Crippen LogP contribution < -0.4 is 0 Å². The molecule has 0 aliphatic rings. The predicted molar refractivity (Wildman–Crippen MR) is 57.1 cm³/mol. The van der Waals surface area contributed by atoms with E-state index in [1.165, 1.54) is 5.57 Å². The molecule has 0 N–H and O–H groups in total. The van der Waals surface area contributed by atoms with E-state index in [4.69, 9.17) is 0 Å². The minimum atomic E-state index is 1.10. The third kappa shape index (κ3) is 7.07. The van der Waals surface area contributed by atoms with Gasteiger partial charge in [0.25, 0.3) is 0 Å². The Balaban J connectivity index is 3.90. The topological polar surface area (TPSA) is 0 Å². The highest BCUT2D eigenvalue weighted by molar-refractivity contribution is 5.23. The second-order valence-electron chi connectivity index (χ2n) is 2.63. The summed E-state index contributed by atoms with van der Waals surface area (Å²) in [6.07, 6.45) is 15.7. The van der Waals surface area contributed by atoms with E-state index in [0.717, 1.165) is 6.42 Å². The monoisotopic (exact) mass is 162 g/mol. The van der Waals surface area contributed by atoms with Crippen molar-refractivity contribution in [2.24, 2.45) is 0 Å². The molecule has 0 radical (unpaired) electrons. The number of allylic oxidation sites excluding steroid dienone is 8. The van der Waals surface area contributed by atoms with E-state index in [1.807, 2.05) is 19.1 Å². The van der Waals surface area contributed by atoms with Crippen LogP contribution in [0.1, 0.15) is 27.2 Å². The first kappa shape index (κ1) is 11.0. The van der Waals surface area contributed by atoms with Crippen molar-refractivity contribution in [3.05, 3.63) is 48.1 Å². The van der Waals surface area contributed by atoms with Crippen LogP contribution >= 0.6 is 0 Å². The molecule has 0 aliphatic carbocycles. The van der Waals surface area contributed by atoms with Crippen molar-refractivity contribution in [2.75, 3.05) is 0 Å². The van der Waals surface area contributed by atoms with Gasteiger partial charge in [-0.2, -0.15) is 0 Å². The maximum Gasteiger partial charge on any atom is -0.0376 e. The lowest BCUT2D eigenvalue weighted by Crippen LogP contribution is -1.64. The molecule has 0 nitrogen and oxygen atoms in total. The molecule has 0 heteroatoms.